The summed E-state index contributed by atoms with van der Waals surface area (Å²) in [6.07, 6.45) is 0. The van der Waals surface area contributed by atoms with Gasteiger partial charge in [0.05, 0.1) is 0 Å². The molecule has 4 aromatic rings. The summed E-state index contributed by atoms with van der Waals surface area (Å²) in [4.78, 5) is 2.36. The van der Waals surface area contributed by atoms with Crippen LogP contribution in [0.5, 0.6) is 0 Å². The predicted molar refractivity (Wildman–Crippen MR) is 124 cm³/mol. The minimum atomic E-state index is -0.0401. The zero-order valence-corrected chi connectivity index (χ0v) is 17.2. The van der Waals surface area contributed by atoms with Gasteiger partial charge in [-0.05, 0) is 45.5 Å². The number of hydrogen-bond donors (Lipinski definition) is 0. The molecule has 0 saturated carbocycles. The van der Waals surface area contributed by atoms with Crippen molar-refractivity contribution in [3.05, 3.63) is 108 Å². The highest BCUT2D eigenvalue weighted by molar-refractivity contribution is 5.84. The van der Waals surface area contributed by atoms with Gasteiger partial charge < -0.3 is 4.90 Å². The van der Waals surface area contributed by atoms with Crippen LogP contribution in [-0.2, 0) is 5.41 Å². The van der Waals surface area contributed by atoms with Crippen LogP contribution in [0, 0.1) is 0 Å². The lowest BCUT2D eigenvalue weighted by molar-refractivity contribution is 0.630. The monoisotopic (exact) mass is 375 g/mol. The molecule has 0 atom stereocenters. The first kappa shape index (κ1) is 17.8. The third-order valence-electron chi connectivity index (χ3n) is 6.28. The Balaban J connectivity index is 1.66. The minimum Gasteiger partial charge on any atom is -0.344 e. The first-order valence-electron chi connectivity index (χ1n) is 10.2. The average molecular weight is 376 g/mol. The molecular formula is C28H25N. The molecule has 0 aliphatic carbocycles. The van der Waals surface area contributed by atoms with Crippen molar-refractivity contribution in [2.75, 3.05) is 11.9 Å². The summed E-state index contributed by atoms with van der Waals surface area (Å²) in [5, 5.41) is 0. The molecule has 29 heavy (non-hydrogen) atoms. The third kappa shape index (κ3) is 2.86. The molecular weight excluding hydrogens is 350 g/mol. The van der Waals surface area contributed by atoms with E-state index in [0.717, 1.165) is 0 Å². The second-order valence-electron chi connectivity index (χ2n) is 8.38. The number of anilines is 2. The van der Waals surface area contributed by atoms with E-state index < -0.39 is 0 Å². The van der Waals surface area contributed by atoms with E-state index in [1.807, 2.05) is 0 Å². The number of nitrogens with zero attached hydrogens (tertiary/aromatic N) is 1. The zero-order chi connectivity index (χ0) is 20.0. The Morgan fingerprint density at radius 1 is 0.517 bits per heavy atom. The van der Waals surface area contributed by atoms with E-state index in [4.69, 9.17) is 0 Å². The van der Waals surface area contributed by atoms with Crippen LogP contribution in [0.15, 0.2) is 97.1 Å². The van der Waals surface area contributed by atoms with Crippen molar-refractivity contribution in [1.29, 1.82) is 0 Å². The van der Waals surface area contributed by atoms with Gasteiger partial charge in [-0.2, -0.15) is 0 Å². The maximum Gasteiger partial charge on any atom is 0.0455 e. The molecule has 0 spiro atoms. The Labute approximate surface area is 173 Å². The summed E-state index contributed by atoms with van der Waals surface area (Å²) in [5.41, 5.74) is 10.3. The van der Waals surface area contributed by atoms with Crippen LogP contribution in [0.4, 0.5) is 11.4 Å². The van der Waals surface area contributed by atoms with E-state index in [0.29, 0.717) is 0 Å². The van der Waals surface area contributed by atoms with E-state index in [2.05, 4.69) is 123 Å². The van der Waals surface area contributed by atoms with Gasteiger partial charge >= 0.3 is 0 Å². The second kappa shape index (κ2) is 6.63. The molecule has 0 fully saturated rings. The molecule has 142 valence electrons. The molecule has 0 aromatic heterocycles. The van der Waals surface area contributed by atoms with Crippen molar-refractivity contribution in [1.82, 2.24) is 0 Å². The minimum absolute atomic E-state index is 0.0401. The van der Waals surface area contributed by atoms with Gasteiger partial charge in [-0.1, -0.05) is 98.8 Å². The number of hydrogen-bond acceptors (Lipinski definition) is 1. The summed E-state index contributed by atoms with van der Waals surface area (Å²) in [7, 11) is 2.19. The predicted octanol–water partition coefficient (Wildman–Crippen LogP) is 7.43. The van der Waals surface area contributed by atoms with Crippen LogP contribution in [0.3, 0.4) is 0 Å². The fourth-order valence-corrected chi connectivity index (χ4v) is 4.57. The summed E-state index contributed by atoms with van der Waals surface area (Å²) in [6.45, 7) is 4.67. The molecule has 1 nitrogen and oxygen atoms in total. The lowest BCUT2D eigenvalue weighted by Crippen LogP contribution is -2.30. The third-order valence-corrected chi connectivity index (χ3v) is 6.28. The van der Waals surface area contributed by atoms with Crippen LogP contribution in [0.25, 0.3) is 22.3 Å². The highest BCUT2D eigenvalue weighted by Crippen LogP contribution is 2.50. The van der Waals surface area contributed by atoms with E-state index in [9.17, 15) is 0 Å². The Hall–Kier alpha value is -3.32. The van der Waals surface area contributed by atoms with Gasteiger partial charge in [0.15, 0.2) is 0 Å². The largest absolute Gasteiger partial charge is 0.344 e. The van der Waals surface area contributed by atoms with Gasteiger partial charge in [0.1, 0.15) is 0 Å². The molecule has 0 N–H and O–H groups in total. The van der Waals surface area contributed by atoms with E-state index >= 15 is 0 Å². The van der Waals surface area contributed by atoms with Crippen molar-refractivity contribution in [3.63, 3.8) is 0 Å². The van der Waals surface area contributed by atoms with Gasteiger partial charge in [-0.25, -0.2) is 0 Å². The fraction of sp³-hybridized carbons (Fsp3) is 0.143. The van der Waals surface area contributed by atoms with Crippen molar-refractivity contribution >= 4 is 11.4 Å². The summed E-state index contributed by atoms with van der Waals surface area (Å²) in [5.74, 6) is 0. The average Bonchev–Trinajstić information content (AvgIpc) is 2.78. The van der Waals surface area contributed by atoms with Crippen LogP contribution >= 0.6 is 0 Å². The Bertz CT molecular complexity index is 1080. The lowest BCUT2D eigenvalue weighted by atomic mass is 9.73. The molecule has 1 heterocycles. The van der Waals surface area contributed by atoms with Crippen molar-refractivity contribution in [2.45, 2.75) is 19.3 Å². The van der Waals surface area contributed by atoms with Crippen LogP contribution in [-0.4, -0.2) is 7.05 Å². The maximum atomic E-state index is 2.36. The van der Waals surface area contributed by atoms with Crippen molar-refractivity contribution in [2.24, 2.45) is 0 Å². The van der Waals surface area contributed by atoms with E-state index in [1.165, 1.54) is 44.8 Å². The smallest absolute Gasteiger partial charge is 0.0455 e. The Morgan fingerprint density at radius 3 is 1.34 bits per heavy atom. The van der Waals surface area contributed by atoms with Crippen LogP contribution in [0.2, 0.25) is 0 Å². The highest BCUT2D eigenvalue weighted by Gasteiger charge is 2.35. The molecule has 0 bridgehead atoms. The quantitative estimate of drug-likeness (QED) is 0.352. The van der Waals surface area contributed by atoms with Gasteiger partial charge in [0.25, 0.3) is 0 Å². The van der Waals surface area contributed by atoms with Gasteiger partial charge in [0, 0.05) is 23.8 Å². The van der Waals surface area contributed by atoms with Gasteiger partial charge in [0.2, 0.25) is 0 Å². The number of benzene rings is 4. The normalized spacial score (nSPS) is 14.2. The van der Waals surface area contributed by atoms with Crippen molar-refractivity contribution < 1.29 is 0 Å². The highest BCUT2D eigenvalue weighted by atomic mass is 15.1. The second-order valence-corrected chi connectivity index (χ2v) is 8.38. The van der Waals surface area contributed by atoms with Crippen LogP contribution < -0.4 is 4.90 Å². The first-order chi connectivity index (χ1) is 14.1. The molecule has 1 aliphatic rings. The molecule has 0 saturated heterocycles. The molecule has 0 radical (unpaired) electrons. The standard InChI is InChI=1S/C28H25N/c1-28(2)24-16-14-22(20-10-6-4-7-11-20)18-26(24)29(3)27-19-23(15-17-25(27)28)21-12-8-5-9-13-21/h4-19H,1-3H3. The Kier molecular flexibility index (Phi) is 4.06. The van der Waals surface area contributed by atoms with Crippen LogP contribution in [0.1, 0.15) is 25.0 Å². The van der Waals surface area contributed by atoms with Crippen molar-refractivity contribution in [3.8, 4) is 22.3 Å². The molecule has 1 heteroatoms. The summed E-state index contributed by atoms with van der Waals surface area (Å²) in [6, 6.07) is 35.1. The number of fused-ring (bicyclic) bond motifs is 2. The first-order valence-corrected chi connectivity index (χ1v) is 10.2. The SMILES string of the molecule is CN1c2cc(-c3ccccc3)ccc2C(C)(C)c2ccc(-c3ccccc3)cc21. The Morgan fingerprint density at radius 2 is 0.931 bits per heavy atom. The zero-order valence-electron chi connectivity index (χ0n) is 17.2. The lowest BCUT2D eigenvalue weighted by Gasteiger charge is -2.41. The molecule has 0 amide bonds. The fourth-order valence-electron chi connectivity index (χ4n) is 4.57. The molecule has 4 aromatic carbocycles. The van der Waals surface area contributed by atoms with Gasteiger partial charge in [-0.3, -0.25) is 0 Å². The summed E-state index contributed by atoms with van der Waals surface area (Å²) < 4.78 is 0. The van der Waals surface area contributed by atoms with E-state index in [1.54, 1.807) is 0 Å². The summed E-state index contributed by atoms with van der Waals surface area (Å²) >= 11 is 0. The molecule has 0 unspecified atom stereocenters. The molecule has 1 aliphatic heterocycles. The molecule has 5 rings (SSSR count). The van der Waals surface area contributed by atoms with E-state index in [-0.39, 0.29) is 5.41 Å². The van der Waals surface area contributed by atoms with Gasteiger partial charge in [-0.15, -0.1) is 0 Å². The maximum absolute atomic E-state index is 2.36. The topological polar surface area (TPSA) is 3.24 Å². The number of rotatable bonds is 2.